The van der Waals surface area contributed by atoms with Gasteiger partial charge in [0.1, 0.15) is 29.4 Å². The number of aliphatic hydroxyl groups is 1. The number of thioether (sulfide) groups is 1. The van der Waals surface area contributed by atoms with Crippen molar-refractivity contribution >= 4 is 60.2 Å². The van der Waals surface area contributed by atoms with Gasteiger partial charge in [-0.05, 0) is 67.8 Å². The molecule has 4 aliphatic rings. The van der Waals surface area contributed by atoms with Crippen LogP contribution in [0.1, 0.15) is 103 Å². The summed E-state index contributed by atoms with van der Waals surface area (Å²) < 4.78 is 35.2. The Morgan fingerprint density at radius 2 is 1.64 bits per heavy atom. The third-order valence-electron chi connectivity index (χ3n) is 12.2. The number of phosphoric ester groups is 1. The van der Waals surface area contributed by atoms with E-state index < -0.39 is 67.1 Å². The number of imide groups is 1. The lowest BCUT2D eigenvalue weighted by Crippen LogP contribution is -2.41. The summed E-state index contributed by atoms with van der Waals surface area (Å²) in [4.78, 5) is 113. The molecule has 0 bridgehead atoms. The number of aromatic amines is 1. The summed E-state index contributed by atoms with van der Waals surface area (Å²) in [5.41, 5.74) is 4.45. The second-order valence-corrected chi connectivity index (χ2v) is 20.2. The van der Waals surface area contributed by atoms with E-state index in [0.717, 1.165) is 54.9 Å². The lowest BCUT2D eigenvalue weighted by Gasteiger charge is -2.18. The molecule has 72 heavy (non-hydrogen) atoms. The number of hydrogen-bond donors (Lipinski definition) is 7. The number of H-pyrrole nitrogens is 1. The van der Waals surface area contributed by atoms with Gasteiger partial charge in [0.2, 0.25) is 17.7 Å². The molecule has 4 amide bonds. The molecule has 4 heterocycles. The number of carboxylic acids is 1. The van der Waals surface area contributed by atoms with Crippen LogP contribution >= 0.6 is 19.6 Å². The number of likely N-dealkylation sites (tertiary alicyclic amines) is 1. The Morgan fingerprint density at radius 3 is 2.39 bits per heavy atom. The number of carbonyl (C=O) groups is 5. The van der Waals surface area contributed by atoms with E-state index in [4.69, 9.17) is 18.2 Å². The fourth-order valence-corrected chi connectivity index (χ4v) is 10.4. The van der Waals surface area contributed by atoms with Crippen LogP contribution in [0.2, 0.25) is 0 Å². The fourth-order valence-electron chi connectivity index (χ4n) is 8.51. The summed E-state index contributed by atoms with van der Waals surface area (Å²) in [5.74, 6) is -2.83. The van der Waals surface area contributed by atoms with Crippen LogP contribution in [-0.2, 0) is 32.7 Å². The highest BCUT2D eigenvalue weighted by Crippen LogP contribution is 2.45. The SMILES string of the molecule is Cc1cn([C@H]2C[C@@H](O)[C@@H](COP(=O)(O)OCCSC3CC(=O)N(CCCCCCCCCCC(=O)NNC(=O)c4ccc(C(=O)O)c(-c5c6ccc(=O)cc-6oc6cc(O)ccc56)c4)C3=O)O2)c(=O)[nH]c1=O. The molecule has 1 aliphatic carbocycles. The summed E-state index contributed by atoms with van der Waals surface area (Å²) in [6, 6.07) is 12.3. The van der Waals surface area contributed by atoms with E-state index in [0.29, 0.717) is 29.4 Å². The van der Waals surface area contributed by atoms with E-state index in [1.807, 2.05) is 0 Å². The number of hydrazine groups is 1. The zero-order chi connectivity index (χ0) is 51.7. The number of fused-ring (bicyclic) bond motifs is 2. The molecule has 2 fully saturated rings. The number of phenols is 1. The molecule has 0 saturated carbocycles. The molecule has 5 atom stereocenters. The Balaban J connectivity index is 0.746. The van der Waals surface area contributed by atoms with Crippen molar-refractivity contribution in [1.82, 2.24) is 25.3 Å². The van der Waals surface area contributed by atoms with Crippen molar-refractivity contribution in [2.24, 2.45) is 0 Å². The van der Waals surface area contributed by atoms with Crippen molar-refractivity contribution in [3.63, 3.8) is 0 Å². The van der Waals surface area contributed by atoms with Crippen molar-refractivity contribution in [2.45, 2.75) is 101 Å². The first-order valence-corrected chi connectivity index (χ1v) is 25.8. The topological polar surface area (TPSA) is 323 Å². The Kier molecular flexibility index (Phi) is 17.7. The molecule has 24 heteroatoms. The Labute approximate surface area is 414 Å². The second-order valence-electron chi connectivity index (χ2n) is 17.4. The number of aromatic nitrogens is 2. The number of benzene rings is 3. The molecule has 3 aromatic rings. The first-order valence-electron chi connectivity index (χ1n) is 23.3. The Hall–Kier alpha value is -6.46. The molecule has 2 saturated heterocycles. The van der Waals surface area contributed by atoms with Crippen molar-refractivity contribution in [1.29, 1.82) is 0 Å². The zero-order valence-electron chi connectivity index (χ0n) is 39.0. The molecule has 0 spiro atoms. The Morgan fingerprint density at radius 1 is 0.903 bits per heavy atom. The number of aryl methyl sites for hydroxylation is 1. The predicted octanol–water partition coefficient (Wildman–Crippen LogP) is 4.74. The number of carbonyl (C=O) groups excluding carboxylic acids is 4. The highest BCUT2D eigenvalue weighted by molar-refractivity contribution is 8.00. The molecule has 2 aromatic carbocycles. The number of nitrogens with one attached hydrogen (secondary N) is 3. The number of amides is 4. The highest BCUT2D eigenvalue weighted by Gasteiger charge is 2.40. The molecular weight excluding hydrogens is 982 g/mol. The van der Waals surface area contributed by atoms with Crippen molar-refractivity contribution in [3.05, 3.63) is 109 Å². The summed E-state index contributed by atoms with van der Waals surface area (Å²) in [5, 5.41) is 30.3. The first kappa shape index (κ1) is 53.3. The van der Waals surface area contributed by atoms with Crippen LogP contribution in [0.5, 0.6) is 5.75 Å². The number of aromatic carboxylic acids is 1. The van der Waals surface area contributed by atoms with Gasteiger partial charge in [-0.1, -0.05) is 38.5 Å². The van der Waals surface area contributed by atoms with Gasteiger partial charge < -0.3 is 29.4 Å². The van der Waals surface area contributed by atoms with Crippen LogP contribution < -0.4 is 27.5 Å². The third kappa shape index (κ3) is 13.3. The maximum Gasteiger partial charge on any atom is 0.472 e. The van der Waals surface area contributed by atoms with Crippen molar-refractivity contribution in [3.8, 4) is 28.2 Å². The number of phenolic OH excluding ortho intramolecular Hbond substituents is 1. The average molecular weight is 1040 g/mol. The maximum atomic E-state index is 13.2. The van der Waals surface area contributed by atoms with E-state index in [2.05, 4.69) is 15.8 Å². The van der Waals surface area contributed by atoms with Gasteiger partial charge in [-0.15, -0.1) is 11.8 Å². The number of rotatable bonds is 23. The highest BCUT2D eigenvalue weighted by atomic mass is 32.2. The molecule has 7 N–H and O–H groups in total. The quantitative estimate of drug-likeness (QED) is 0.0153. The van der Waals surface area contributed by atoms with Crippen LogP contribution in [0, 0.1) is 6.92 Å². The van der Waals surface area contributed by atoms with Crippen LogP contribution in [-0.4, -0.2) is 107 Å². The normalized spacial score (nSPS) is 18.7. The lowest BCUT2D eigenvalue weighted by molar-refractivity contribution is -0.138. The number of ether oxygens (including phenoxy) is 1. The van der Waals surface area contributed by atoms with Gasteiger partial charge in [0.05, 0.1) is 30.1 Å². The number of hydrogen-bond acceptors (Lipinski definition) is 16. The third-order valence-corrected chi connectivity index (χ3v) is 14.4. The number of unbranched alkanes of at least 4 members (excludes halogenated alkanes) is 7. The summed E-state index contributed by atoms with van der Waals surface area (Å²) in [6.07, 6.45) is 4.63. The average Bonchev–Trinajstić information content (AvgIpc) is 3.84. The number of aliphatic hydroxyl groups excluding tert-OH is 1. The van der Waals surface area contributed by atoms with E-state index >= 15 is 0 Å². The number of nitrogens with zero attached hydrogens (tertiary/aromatic N) is 2. The van der Waals surface area contributed by atoms with E-state index in [1.54, 1.807) is 6.07 Å². The van der Waals surface area contributed by atoms with Crippen LogP contribution in [0.4, 0.5) is 0 Å². The summed E-state index contributed by atoms with van der Waals surface area (Å²) >= 11 is 1.13. The molecule has 0 radical (unpaired) electrons. The number of carboxylic acid groups (broad SMARTS) is 1. The van der Waals surface area contributed by atoms with E-state index in [1.165, 1.54) is 66.6 Å². The van der Waals surface area contributed by atoms with Gasteiger partial charge >= 0.3 is 19.5 Å². The molecule has 22 nitrogen and oxygen atoms in total. The molecule has 1 aromatic heterocycles. The molecule has 3 aliphatic heterocycles. The van der Waals surface area contributed by atoms with E-state index in [9.17, 15) is 63.1 Å². The van der Waals surface area contributed by atoms with Gasteiger partial charge in [-0.3, -0.25) is 63.1 Å². The molecular formula is C48H54N5O17PS. The summed E-state index contributed by atoms with van der Waals surface area (Å²) in [6.45, 7) is 0.986. The zero-order valence-corrected chi connectivity index (χ0v) is 40.7. The summed E-state index contributed by atoms with van der Waals surface area (Å²) in [7, 11) is -4.60. The van der Waals surface area contributed by atoms with Gasteiger partial charge in [0, 0.05) is 77.5 Å². The lowest BCUT2D eigenvalue weighted by atomic mass is 9.89. The van der Waals surface area contributed by atoms with Gasteiger partial charge in [-0.25, -0.2) is 14.2 Å². The number of phosphoric acid groups is 1. The fraction of sp³-hybridized carbons (Fsp3) is 0.417. The van der Waals surface area contributed by atoms with E-state index in [-0.39, 0.29) is 94.8 Å². The van der Waals surface area contributed by atoms with Crippen molar-refractivity contribution in [2.75, 3.05) is 25.5 Å². The first-order chi connectivity index (χ1) is 34.4. The van der Waals surface area contributed by atoms with Gasteiger partial charge in [0.15, 0.2) is 5.43 Å². The van der Waals surface area contributed by atoms with Crippen LogP contribution in [0.15, 0.2) is 79.6 Å². The minimum Gasteiger partial charge on any atom is -0.508 e. The minimum absolute atomic E-state index is 0.00231. The van der Waals surface area contributed by atoms with Crippen molar-refractivity contribution < 1.29 is 67.0 Å². The smallest absolute Gasteiger partial charge is 0.472 e. The molecule has 7 rings (SSSR count). The maximum absolute atomic E-state index is 13.2. The van der Waals surface area contributed by atoms with Gasteiger partial charge in [0.25, 0.3) is 11.5 Å². The number of aromatic hydroxyl groups is 1. The molecule has 2 unspecified atom stereocenters. The standard InChI is InChI=1S/C48H54N5O17PS/c1-27-25-53(48(64)49-44(27)59)42-23-35(56)38(70-42)26-68-71(65,66)67-18-19-72-39-24-41(58)52(46(39)61)17-9-7-5-3-2-4-6-8-10-40(57)50-51-45(60)28-11-14-31(47(62)63)34(20-28)43-32-15-12-29(54)21-36(32)69-37-22-30(55)13-16-33(37)43/h11-16,20-22,25,35,38-39,42,54,56H,2-10,17-19,23-24,26H2,1H3,(H,50,57)(H,51,60)(H,62,63)(H,65,66)(H,49,59,64)/t35-,38-,39?,42-/m1/s1. The Bertz CT molecular complexity index is 3050. The monoisotopic (exact) mass is 1040 g/mol. The van der Waals surface area contributed by atoms with Crippen LogP contribution in [0.25, 0.3) is 33.4 Å². The van der Waals surface area contributed by atoms with Crippen LogP contribution in [0.3, 0.4) is 0 Å². The second kappa shape index (κ2) is 23.8. The predicted molar refractivity (Wildman–Crippen MR) is 260 cm³/mol. The largest absolute Gasteiger partial charge is 0.508 e. The van der Waals surface area contributed by atoms with Gasteiger partial charge in [-0.2, -0.15) is 0 Å². The molecule has 384 valence electrons. The minimum atomic E-state index is -4.60.